The van der Waals surface area contributed by atoms with Crippen LogP contribution in [0.1, 0.15) is 34.5 Å². The molecular formula is C19H17ClN4O3. The summed E-state index contributed by atoms with van der Waals surface area (Å²) in [4.78, 5) is 28.0. The monoisotopic (exact) mass is 384 g/mol. The van der Waals surface area contributed by atoms with E-state index in [1.165, 1.54) is 4.68 Å². The number of hydrogen-bond acceptors (Lipinski definition) is 4. The fraction of sp³-hybridized carbons (Fsp3) is 0.158. The Labute approximate surface area is 160 Å². The average Bonchev–Trinajstić information content (AvgIpc) is 3.03. The Bertz CT molecular complexity index is 972. The van der Waals surface area contributed by atoms with Crippen molar-refractivity contribution in [3.05, 3.63) is 76.8 Å². The van der Waals surface area contributed by atoms with E-state index < -0.39 is 17.9 Å². The first-order valence-corrected chi connectivity index (χ1v) is 8.59. The van der Waals surface area contributed by atoms with E-state index in [4.69, 9.17) is 16.7 Å². The van der Waals surface area contributed by atoms with Crippen molar-refractivity contribution in [3.63, 3.8) is 0 Å². The molecule has 0 fully saturated rings. The Balaban J connectivity index is 1.86. The van der Waals surface area contributed by atoms with Gasteiger partial charge in [0.2, 0.25) is 5.82 Å². The van der Waals surface area contributed by atoms with Gasteiger partial charge in [0.15, 0.2) is 0 Å². The molecule has 0 saturated carbocycles. The summed E-state index contributed by atoms with van der Waals surface area (Å²) in [6.45, 7) is 1.71. The van der Waals surface area contributed by atoms with Gasteiger partial charge in [-0.05, 0) is 24.6 Å². The standard InChI is InChI=1S/C19H17ClN4O3/c1-12-21-18(23-24(12)16-10-6-5-9-14(16)20)19(27)22-15(11-17(25)26)13-7-3-2-4-8-13/h2-10,15H,11H2,1H3,(H,22,27)(H,25,26). The molecule has 0 bridgehead atoms. The zero-order valence-corrected chi connectivity index (χ0v) is 15.2. The third-order valence-electron chi connectivity index (χ3n) is 3.94. The second-order valence-corrected chi connectivity index (χ2v) is 6.29. The van der Waals surface area contributed by atoms with Gasteiger partial charge < -0.3 is 10.4 Å². The first-order chi connectivity index (χ1) is 13.0. The maximum atomic E-state index is 12.6. The van der Waals surface area contributed by atoms with Crippen LogP contribution in [0.3, 0.4) is 0 Å². The minimum Gasteiger partial charge on any atom is -0.481 e. The molecule has 27 heavy (non-hydrogen) atoms. The van der Waals surface area contributed by atoms with E-state index in [2.05, 4.69) is 15.4 Å². The van der Waals surface area contributed by atoms with Crippen molar-refractivity contribution >= 4 is 23.5 Å². The van der Waals surface area contributed by atoms with Crippen LogP contribution in [0.5, 0.6) is 0 Å². The summed E-state index contributed by atoms with van der Waals surface area (Å²) in [5.74, 6) is -1.14. The highest BCUT2D eigenvalue weighted by Crippen LogP contribution is 2.21. The number of rotatable bonds is 6. The van der Waals surface area contributed by atoms with Crippen molar-refractivity contribution in [2.45, 2.75) is 19.4 Å². The SMILES string of the molecule is Cc1nc(C(=O)NC(CC(=O)O)c2ccccc2)nn1-c1ccccc1Cl. The first kappa shape index (κ1) is 18.6. The molecular weight excluding hydrogens is 368 g/mol. The third-order valence-corrected chi connectivity index (χ3v) is 4.26. The van der Waals surface area contributed by atoms with Crippen LogP contribution >= 0.6 is 11.6 Å². The molecule has 0 aliphatic carbocycles. The van der Waals surface area contributed by atoms with Gasteiger partial charge in [0.1, 0.15) is 5.82 Å². The second-order valence-electron chi connectivity index (χ2n) is 5.88. The van der Waals surface area contributed by atoms with Crippen LogP contribution in [0, 0.1) is 6.92 Å². The number of halogens is 1. The van der Waals surface area contributed by atoms with Gasteiger partial charge in [0, 0.05) is 0 Å². The highest BCUT2D eigenvalue weighted by atomic mass is 35.5. The minimum atomic E-state index is -1.02. The Morgan fingerprint density at radius 1 is 1.15 bits per heavy atom. The van der Waals surface area contributed by atoms with Crippen molar-refractivity contribution in [3.8, 4) is 5.69 Å². The molecule has 0 spiro atoms. The van der Waals surface area contributed by atoms with E-state index in [1.54, 1.807) is 55.5 Å². The lowest BCUT2D eigenvalue weighted by Gasteiger charge is -2.16. The van der Waals surface area contributed by atoms with Crippen LogP contribution in [0.2, 0.25) is 5.02 Å². The number of nitrogens with one attached hydrogen (secondary N) is 1. The Morgan fingerprint density at radius 3 is 2.48 bits per heavy atom. The summed E-state index contributed by atoms with van der Waals surface area (Å²) < 4.78 is 1.48. The minimum absolute atomic E-state index is 0.0567. The summed E-state index contributed by atoms with van der Waals surface area (Å²) in [6.07, 6.45) is -0.250. The Hall–Kier alpha value is -3.19. The molecule has 1 atom stereocenters. The topological polar surface area (TPSA) is 97.1 Å². The smallest absolute Gasteiger partial charge is 0.305 e. The first-order valence-electron chi connectivity index (χ1n) is 8.22. The average molecular weight is 385 g/mol. The van der Waals surface area contributed by atoms with E-state index in [1.807, 2.05) is 6.07 Å². The van der Waals surface area contributed by atoms with Gasteiger partial charge >= 0.3 is 5.97 Å². The molecule has 1 aromatic heterocycles. The molecule has 0 saturated heterocycles. The van der Waals surface area contributed by atoms with Gasteiger partial charge in [0.05, 0.1) is 23.2 Å². The maximum Gasteiger partial charge on any atom is 0.305 e. The lowest BCUT2D eigenvalue weighted by Crippen LogP contribution is -2.31. The normalized spacial score (nSPS) is 11.8. The molecule has 0 aliphatic rings. The number of para-hydroxylation sites is 1. The molecule has 1 heterocycles. The van der Waals surface area contributed by atoms with Crippen molar-refractivity contribution in [2.24, 2.45) is 0 Å². The third kappa shape index (κ3) is 4.32. The molecule has 3 aromatic rings. The number of amides is 1. The summed E-state index contributed by atoms with van der Waals surface area (Å²) >= 11 is 6.19. The molecule has 0 radical (unpaired) electrons. The van der Waals surface area contributed by atoms with Gasteiger partial charge in [-0.15, -0.1) is 5.10 Å². The molecule has 138 valence electrons. The van der Waals surface area contributed by atoms with Crippen LogP contribution in [0.4, 0.5) is 0 Å². The zero-order valence-electron chi connectivity index (χ0n) is 14.5. The predicted molar refractivity (Wildman–Crippen MR) is 100 cm³/mol. The molecule has 3 rings (SSSR count). The van der Waals surface area contributed by atoms with Crippen molar-refractivity contribution in [1.82, 2.24) is 20.1 Å². The predicted octanol–water partition coefficient (Wildman–Crippen LogP) is 3.17. The van der Waals surface area contributed by atoms with Gasteiger partial charge in [0.25, 0.3) is 5.91 Å². The number of carbonyl (C=O) groups is 2. The molecule has 2 aromatic carbocycles. The lowest BCUT2D eigenvalue weighted by atomic mass is 10.0. The number of carboxylic acid groups (broad SMARTS) is 1. The quantitative estimate of drug-likeness (QED) is 0.680. The number of hydrogen-bond donors (Lipinski definition) is 2. The van der Waals surface area contributed by atoms with E-state index in [0.717, 1.165) is 0 Å². The van der Waals surface area contributed by atoms with E-state index >= 15 is 0 Å². The van der Waals surface area contributed by atoms with E-state index in [0.29, 0.717) is 22.1 Å². The largest absolute Gasteiger partial charge is 0.481 e. The number of aryl methyl sites for hydroxylation is 1. The molecule has 8 heteroatoms. The highest BCUT2D eigenvalue weighted by Gasteiger charge is 2.22. The van der Waals surface area contributed by atoms with Crippen LogP contribution in [0.25, 0.3) is 5.69 Å². The number of carbonyl (C=O) groups excluding carboxylic acids is 1. The van der Waals surface area contributed by atoms with Crippen molar-refractivity contribution in [2.75, 3.05) is 0 Å². The van der Waals surface area contributed by atoms with Crippen LogP contribution < -0.4 is 5.32 Å². The van der Waals surface area contributed by atoms with E-state index in [-0.39, 0.29) is 12.2 Å². The summed E-state index contributed by atoms with van der Waals surface area (Å²) in [6, 6.07) is 15.3. The van der Waals surface area contributed by atoms with Crippen molar-refractivity contribution in [1.29, 1.82) is 0 Å². The Kier molecular flexibility index (Phi) is 5.52. The number of carboxylic acids is 1. The molecule has 2 N–H and O–H groups in total. The van der Waals surface area contributed by atoms with Crippen LogP contribution in [-0.4, -0.2) is 31.7 Å². The summed E-state index contributed by atoms with van der Waals surface area (Å²) in [5, 5.41) is 16.6. The number of aliphatic carboxylic acids is 1. The van der Waals surface area contributed by atoms with Crippen molar-refractivity contribution < 1.29 is 14.7 Å². The van der Waals surface area contributed by atoms with Crippen LogP contribution in [-0.2, 0) is 4.79 Å². The molecule has 1 amide bonds. The molecule has 0 aliphatic heterocycles. The van der Waals surface area contributed by atoms with Gasteiger partial charge in [-0.1, -0.05) is 54.1 Å². The summed E-state index contributed by atoms with van der Waals surface area (Å²) in [7, 11) is 0. The van der Waals surface area contributed by atoms with Gasteiger partial charge in [-0.2, -0.15) is 0 Å². The summed E-state index contributed by atoms with van der Waals surface area (Å²) in [5.41, 5.74) is 1.30. The Morgan fingerprint density at radius 2 is 1.81 bits per heavy atom. The lowest BCUT2D eigenvalue weighted by molar-refractivity contribution is -0.137. The molecule has 1 unspecified atom stereocenters. The molecule has 7 nitrogen and oxygen atoms in total. The second kappa shape index (κ2) is 8.01. The number of benzene rings is 2. The van der Waals surface area contributed by atoms with Gasteiger partial charge in [-0.25, -0.2) is 9.67 Å². The van der Waals surface area contributed by atoms with Gasteiger partial charge in [-0.3, -0.25) is 9.59 Å². The number of nitrogens with zero attached hydrogens (tertiary/aromatic N) is 3. The highest BCUT2D eigenvalue weighted by molar-refractivity contribution is 6.32. The van der Waals surface area contributed by atoms with Crippen LogP contribution in [0.15, 0.2) is 54.6 Å². The number of aromatic nitrogens is 3. The zero-order chi connectivity index (χ0) is 19.4. The fourth-order valence-corrected chi connectivity index (χ4v) is 2.89. The van der Waals surface area contributed by atoms with E-state index in [9.17, 15) is 9.59 Å². The maximum absolute atomic E-state index is 12.6. The fourth-order valence-electron chi connectivity index (χ4n) is 2.67.